The van der Waals surface area contributed by atoms with Gasteiger partial charge in [0.15, 0.2) is 11.5 Å². The fourth-order valence-electron chi connectivity index (χ4n) is 3.31. The number of rotatable bonds is 8. The molecule has 1 N–H and O–H groups in total. The Kier molecular flexibility index (Phi) is 7.00. The smallest absolute Gasteiger partial charge is 0.248 e. The molecule has 154 valence electrons. The van der Waals surface area contributed by atoms with E-state index < -0.39 is 0 Å². The molecule has 0 heterocycles. The summed E-state index contributed by atoms with van der Waals surface area (Å²) in [6.07, 6.45) is 7.85. The van der Waals surface area contributed by atoms with Crippen LogP contribution in [0.15, 0.2) is 42.5 Å². The Morgan fingerprint density at radius 3 is 2.24 bits per heavy atom. The Labute approximate surface area is 171 Å². The molecule has 0 saturated heterocycles. The van der Waals surface area contributed by atoms with E-state index in [9.17, 15) is 4.79 Å². The van der Waals surface area contributed by atoms with Crippen molar-refractivity contribution in [3.8, 4) is 23.0 Å². The van der Waals surface area contributed by atoms with Crippen molar-refractivity contribution in [2.75, 3.05) is 26.6 Å². The van der Waals surface area contributed by atoms with Crippen molar-refractivity contribution in [3.63, 3.8) is 0 Å². The zero-order valence-corrected chi connectivity index (χ0v) is 17.1. The van der Waals surface area contributed by atoms with E-state index in [0.29, 0.717) is 28.7 Å². The molecule has 1 amide bonds. The first-order valence-electron chi connectivity index (χ1n) is 9.68. The van der Waals surface area contributed by atoms with Gasteiger partial charge in [-0.15, -0.1) is 0 Å². The summed E-state index contributed by atoms with van der Waals surface area (Å²) in [5.41, 5.74) is 1.45. The Bertz CT molecular complexity index is 849. The van der Waals surface area contributed by atoms with Crippen LogP contribution in [0.1, 0.15) is 31.2 Å². The van der Waals surface area contributed by atoms with Gasteiger partial charge in [-0.2, -0.15) is 0 Å². The Hall–Kier alpha value is -3.15. The van der Waals surface area contributed by atoms with Gasteiger partial charge in [0.1, 0.15) is 11.5 Å². The third-order valence-electron chi connectivity index (χ3n) is 4.83. The summed E-state index contributed by atoms with van der Waals surface area (Å²) < 4.78 is 22.0. The first-order valence-corrected chi connectivity index (χ1v) is 9.68. The van der Waals surface area contributed by atoms with Gasteiger partial charge in [-0.3, -0.25) is 4.79 Å². The third kappa shape index (κ3) is 5.67. The predicted octanol–water partition coefficient (Wildman–Crippen LogP) is 4.69. The SMILES string of the molecule is COc1cc(/C=C/C(=O)Nc2ccc(OC)c(OC3CCCC3)c2)cc(OC)c1. The van der Waals surface area contributed by atoms with Crippen LogP contribution < -0.4 is 24.3 Å². The highest BCUT2D eigenvalue weighted by Gasteiger charge is 2.18. The molecular formula is C23H27NO5. The van der Waals surface area contributed by atoms with Crippen LogP contribution in [0, 0.1) is 0 Å². The molecule has 29 heavy (non-hydrogen) atoms. The topological polar surface area (TPSA) is 66.0 Å². The second-order valence-corrected chi connectivity index (χ2v) is 6.86. The summed E-state index contributed by atoms with van der Waals surface area (Å²) in [7, 11) is 4.79. The maximum atomic E-state index is 12.4. The van der Waals surface area contributed by atoms with Gasteiger partial charge in [-0.05, 0) is 61.6 Å². The minimum absolute atomic E-state index is 0.206. The van der Waals surface area contributed by atoms with Crippen LogP contribution >= 0.6 is 0 Å². The van der Waals surface area contributed by atoms with Crippen LogP contribution in [-0.2, 0) is 4.79 Å². The summed E-state index contributed by atoms with van der Waals surface area (Å²) in [5, 5.41) is 2.86. The monoisotopic (exact) mass is 397 g/mol. The number of amides is 1. The molecule has 2 aromatic rings. The normalized spacial score (nSPS) is 14.0. The van der Waals surface area contributed by atoms with Gasteiger partial charge in [0.2, 0.25) is 5.91 Å². The molecule has 1 fully saturated rings. The standard InChI is InChI=1S/C23H27NO5/c1-26-19-12-16(13-20(15-19)27-2)8-11-23(25)24-17-9-10-21(28-3)22(14-17)29-18-6-4-5-7-18/h8-15,18H,4-7H2,1-3H3,(H,24,25)/b11-8+. The average molecular weight is 397 g/mol. The summed E-state index contributed by atoms with van der Waals surface area (Å²) in [6, 6.07) is 10.8. The van der Waals surface area contributed by atoms with E-state index in [1.807, 2.05) is 12.1 Å². The second kappa shape index (κ2) is 9.87. The van der Waals surface area contributed by atoms with Crippen LogP contribution in [0.25, 0.3) is 6.08 Å². The molecule has 1 aliphatic rings. The van der Waals surface area contributed by atoms with Gasteiger partial charge < -0.3 is 24.3 Å². The second-order valence-electron chi connectivity index (χ2n) is 6.86. The molecule has 1 aliphatic carbocycles. The number of carbonyl (C=O) groups excluding carboxylic acids is 1. The average Bonchev–Trinajstić information content (AvgIpc) is 3.25. The highest BCUT2D eigenvalue weighted by Crippen LogP contribution is 2.34. The summed E-state index contributed by atoms with van der Waals surface area (Å²) in [5.74, 6) is 2.39. The molecule has 0 spiro atoms. The zero-order chi connectivity index (χ0) is 20.6. The molecule has 0 atom stereocenters. The lowest BCUT2D eigenvalue weighted by Crippen LogP contribution is -2.12. The zero-order valence-electron chi connectivity index (χ0n) is 17.1. The van der Waals surface area contributed by atoms with E-state index in [1.54, 1.807) is 51.7 Å². The quantitative estimate of drug-likeness (QED) is 0.655. The molecule has 6 nitrogen and oxygen atoms in total. The van der Waals surface area contributed by atoms with E-state index in [0.717, 1.165) is 18.4 Å². The molecule has 3 rings (SSSR count). The van der Waals surface area contributed by atoms with Gasteiger partial charge in [-0.1, -0.05) is 0 Å². The number of hydrogen-bond donors (Lipinski definition) is 1. The Balaban J connectivity index is 1.69. The van der Waals surface area contributed by atoms with Crippen molar-refractivity contribution in [1.29, 1.82) is 0 Å². The van der Waals surface area contributed by atoms with Gasteiger partial charge >= 0.3 is 0 Å². The van der Waals surface area contributed by atoms with Crippen molar-refractivity contribution in [3.05, 3.63) is 48.0 Å². The van der Waals surface area contributed by atoms with Crippen LogP contribution in [0.4, 0.5) is 5.69 Å². The number of ether oxygens (including phenoxy) is 4. The minimum Gasteiger partial charge on any atom is -0.497 e. The van der Waals surface area contributed by atoms with Crippen molar-refractivity contribution in [1.82, 2.24) is 0 Å². The van der Waals surface area contributed by atoms with Crippen molar-refractivity contribution in [2.45, 2.75) is 31.8 Å². The van der Waals surface area contributed by atoms with E-state index in [1.165, 1.54) is 18.9 Å². The lowest BCUT2D eigenvalue weighted by Gasteiger charge is -2.17. The molecule has 0 bridgehead atoms. The molecule has 0 aliphatic heterocycles. The van der Waals surface area contributed by atoms with Crippen molar-refractivity contribution < 1.29 is 23.7 Å². The van der Waals surface area contributed by atoms with Crippen molar-refractivity contribution >= 4 is 17.7 Å². The summed E-state index contributed by atoms with van der Waals surface area (Å²) in [4.78, 5) is 12.4. The highest BCUT2D eigenvalue weighted by molar-refractivity contribution is 6.02. The van der Waals surface area contributed by atoms with E-state index >= 15 is 0 Å². The first kappa shape index (κ1) is 20.6. The maximum absolute atomic E-state index is 12.4. The highest BCUT2D eigenvalue weighted by atomic mass is 16.5. The number of methoxy groups -OCH3 is 3. The van der Waals surface area contributed by atoms with Crippen LogP contribution in [0.5, 0.6) is 23.0 Å². The van der Waals surface area contributed by atoms with Gasteiger partial charge in [0.25, 0.3) is 0 Å². The van der Waals surface area contributed by atoms with Gasteiger partial charge in [-0.25, -0.2) is 0 Å². The number of nitrogens with one attached hydrogen (secondary N) is 1. The Morgan fingerprint density at radius 1 is 0.931 bits per heavy atom. The summed E-state index contributed by atoms with van der Waals surface area (Å²) >= 11 is 0. The van der Waals surface area contributed by atoms with Gasteiger partial charge in [0.05, 0.1) is 27.4 Å². The molecule has 2 aromatic carbocycles. The largest absolute Gasteiger partial charge is 0.497 e. The number of benzene rings is 2. The molecule has 1 saturated carbocycles. The van der Waals surface area contributed by atoms with Gasteiger partial charge in [0, 0.05) is 23.9 Å². The summed E-state index contributed by atoms with van der Waals surface area (Å²) in [6.45, 7) is 0. The molecular weight excluding hydrogens is 370 g/mol. The lowest BCUT2D eigenvalue weighted by molar-refractivity contribution is -0.111. The lowest BCUT2D eigenvalue weighted by atomic mass is 10.2. The van der Waals surface area contributed by atoms with E-state index in [2.05, 4.69) is 5.32 Å². The van der Waals surface area contributed by atoms with Crippen LogP contribution in [-0.4, -0.2) is 33.3 Å². The fourth-order valence-corrected chi connectivity index (χ4v) is 3.31. The number of anilines is 1. The van der Waals surface area contributed by atoms with Crippen molar-refractivity contribution in [2.24, 2.45) is 0 Å². The maximum Gasteiger partial charge on any atom is 0.248 e. The fraction of sp³-hybridized carbons (Fsp3) is 0.348. The van der Waals surface area contributed by atoms with E-state index in [-0.39, 0.29) is 12.0 Å². The molecule has 0 unspecified atom stereocenters. The van der Waals surface area contributed by atoms with Crippen LogP contribution in [0.2, 0.25) is 0 Å². The molecule has 0 radical (unpaired) electrons. The Morgan fingerprint density at radius 2 is 1.62 bits per heavy atom. The molecule has 6 heteroatoms. The number of hydrogen-bond acceptors (Lipinski definition) is 5. The predicted molar refractivity (Wildman–Crippen MR) is 113 cm³/mol. The van der Waals surface area contributed by atoms with E-state index in [4.69, 9.17) is 18.9 Å². The molecule has 0 aromatic heterocycles. The first-order chi connectivity index (χ1) is 14.1. The van der Waals surface area contributed by atoms with Crippen LogP contribution in [0.3, 0.4) is 0 Å². The number of carbonyl (C=O) groups is 1. The minimum atomic E-state index is -0.247. The third-order valence-corrected chi connectivity index (χ3v) is 4.83.